The van der Waals surface area contributed by atoms with E-state index in [1.54, 1.807) is 23.8 Å². The van der Waals surface area contributed by atoms with E-state index in [1.807, 2.05) is 24.3 Å². The third-order valence-corrected chi connectivity index (χ3v) is 10.3. The van der Waals surface area contributed by atoms with Crippen LogP contribution in [0.2, 0.25) is 0 Å². The van der Waals surface area contributed by atoms with Crippen molar-refractivity contribution in [2.24, 2.45) is 0 Å². The van der Waals surface area contributed by atoms with Crippen molar-refractivity contribution in [1.82, 2.24) is 14.7 Å². The lowest BCUT2D eigenvalue weighted by molar-refractivity contribution is -0.385. The molecule has 0 aliphatic carbocycles. The van der Waals surface area contributed by atoms with E-state index in [0.29, 0.717) is 69.0 Å². The van der Waals surface area contributed by atoms with Gasteiger partial charge in [-0.3, -0.25) is 34.8 Å². The third kappa shape index (κ3) is 11.3. The number of methoxy groups -OCH3 is 1. The minimum Gasteiger partial charge on any atom is -0.497 e. The summed E-state index contributed by atoms with van der Waals surface area (Å²) < 4.78 is 21.2. The van der Waals surface area contributed by atoms with Gasteiger partial charge in [-0.25, -0.2) is 9.59 Å². The van der Waals surface area contributed by atoms with Gasteiger partial charge in [-0.05, 0) is 65.9 Å². The molecule has 0 saturated carbocycles. The van der Waals surface area contributed by atoms with Crippen LogP contribution in [-0.2, 0) is 38.0 Å². The van der Waals surface area contributed by atoms with E-state index < -0.39 is 28.1 Å². The van der Waals surface area contributed by atoms with Crippen LogP contribution in [0.1, 0.15) is 29.5 Å². The lowest BCUT2D eigenvalue weighted by atomic mass is 10.2. The minimum atomic E-state index is -0.851. The highest BCUT2D eigenvalue weighted by Gasteiger charge is 2.42. The molecule has 2 aliphatic heterocycles. The lowest BCUT2D eigenvalue weighted by Crippen LogP contribution is -2.49. The fourth-order valence-corrected chi connectivity index (χ4v) is 7.22. The highest BCUT2D eigenvalue weighted by Crippen LogP contribution is 2.32. The normalized spacial score (nSPS) is 17.5. The number of carbonyl (C=O) groups excluding carboxylic acids is 3. The van der Waals surface area contributed by atoms with Crippen LogP contribution in [-0.4, -0.2) is 107 Å². The van der Waals surface area contributed by atoms with Crippen LogP contribution in [0.25, 0.3) is 0 Å². The van der Waals surface area contributed by atoms with E-state index in [-0.39, 0.29) is 42.4 Å². The first-order chi connectivity index (χ1) is 25.6. The Labute approximate surface area is 310 Å². The van der Waals surface area contributed by atoms with Crippen LogP contribution in [0.4, 0.5) is 21.0 Å². The second-order valence-electron chi connectivity index (χ2n) is 12.5. The van der Waals surface area contributed by atoms with Crippen LogP contribution >= 0.6 is 11.8 Å². The van der Waals surface area contributed by atoms with Gasteiger partial charge in [-0.15, -0.1) is 0 Å². The summed E-state index contributed by atoms with van der Waals surface area (Å²) in [5.41, 5.74) is 2.14. The zero-order valence-corrected chi connectivity index (χ0v) is 30.0. The molecule has 0 radical (unpaired) electrons. The van der Waals surface area contributed by atoms with E-state index in [4.69, 9.17) is 18.9 Å². The van der Waals surface area contributed by atoms with Gasteiger partial charge in [0, 0.05) is 74.5 Å². The predicted octanol–water partition coefficient (Wildman–Crippen LogP) is 5.41. The molecule has 53 heavy (non-hydrogen) atoms. The molecule has 0 N–H and O–H groups in total. The fraction of sp³-hybridized carbons (Fsp3) is 0.417. The maximum Gasteiger partial charge on any atom is 0.508 e. The molecule has 3 aromatic rings. The molecular formula is C36H41N5O11S. The largest absolute Gasteiger partial charge is 0.508 e. The van der Waals surface area contributed by atoms with Crippen molar-refractivity contribution in [3.05, 3.63) is 110 Å². The van der Waals surface area contributed by atoms with Gasteiger partial charge in [0.05, 0.1) is 17.0 Å². The topological polar surface area (TPSA) is 184 Å². The first-order valence-electron chi connectivity index (χ1n) is 17.0. The second kappa shape index (κ2) is 18.9. The summed E-state index contributed by atoms with van der Waals surface area (Å²) in [6.45, 7) is 2.81. The Hall–Kier alpha value is -5.42. The first-order valence-corrected chi connectivity index (χ1v) is 18.1. The summed E-state index contributed by atoms with van der Waals surface area (Å²) in [7, 11) is 1.61. The molecule has 0 unspecified atom stereocenters. The Morgan fingerprint density at radius 2 is 1.38 bits per heavy atom. The predicted molar refractivity (Wildman–Crippen MR) is 193 cm³/mol. The quantitative estimate of drug-likeness (QED) is 0.116. The van der Waals surface area contributed by atoms with Crippen molar-refractivity contribution in [3.63, 3.8) is 0 Å². The maximum absolute atomic E-state index is 14.0. The molecule has 2 fully saturated rings. The molecule has 0 spiro atoms. The molecule has 5 rings (SSSR count). The Kier molecular flexibility index (Phi) is 13.8. The number of nitro benzene ring substituents is 2. The highest BCUT2D eigenvalue weighted by molar-refractivity contribution is 7.99. The molecule has 2 amide bonds. The van der Waals surface area contributed by atoms with E-state index in [9.17, 15) is 34.6 Å². The number of thioether (sulfide) groups is 1. The minimum absolute atomic E-state index is 0.0150. The van der Waals surface area contributed by atoms with Gasteiger partial charge in [0.25, 0.3) is 11.4 Å². The van der Waals surface area contributed by atoms with E-state index >= 15 is 0 Å². The highest BCUT2D eigenvalue weighted by atomic mass is 32.2. The van der Waals surface area contributed by atoms with E-state index in [1.165, 1.54) is 53.4 Å². The van der Waals surface area contributed by atoms with Gasteiger partial charge in [-0.2, -0.15) is 11.8 Å². The summed E-state index contributed by atoms with van der Waals surface area (Å²) in [5, 5.41) is 21.8. The van der Waals surface area contributed by atoms with Crippen molar-refractivity contribution in [1.29, 1.82) is 0 Å². The number of nitrogens with zero attached hydrogens (tertiary/aromatic N) is 5. The standard InChI is InChI=1S/C36H41N5O11S/c1-49-31-13-7-28(8-14-31)25-53-32-21-33(39(22-32)35(43)51-23-26-3-9-29(10-4-26)40(45)46)34(42)38-16-2-15-37(17-18-38)19-20-50-36(44)52-24-27-5-11-30(12-6-27)41(47)48/h3-14,32-33H,2,15-25H2,1H3/t32-,33-/m0/s1. The number of carbonyl (C=O) groups is 3. The molecule has 2 saturated heterocycles. The maximum atomic E-state index is 14.0. The van der Waals surface area contributed by atoms with Crippen LogP contribution in [0, 0.1) is 20.2 Å². The first kappa shape index (κ1) is 38.8. The number of benzene rings is 3. The fourth-order valence-electron chi connectivity index (χ4n) is 6.01. The second-order valence-corrected chi connectivity index (χ2v) is 13.8. The molecule has 0 bridgehead atoms. The zero-order valence-electron chi connectivity index (χ0n) is 29.2. The van der Waals surface area contributed by atoms with Gasteiger partial charge >= 0.3 is 12.2 Å². The average Bonchev–Trinajstić information content (AvgIpc) is 3.46. The number of amides is 2. The van der Waals surface area contributed by atoms with Gasteiger partial charge in [0.1, 0.15) is 31.6 Å². The third-order valence-electron chi connectivity index (χ3n) is 8.97. The smallest absolute Gasteiger partial charge is 0.497 e. The summed E-state index contributed by atoms with van der Waals surface area (Å²) in [5.74, 6) is 1.29. The molecule has 2 atom stereocenters. The summed E-state index contributed by atoms with van der Waals surface area (Å²) in [4.78, 5) is 65.8. The molecule has 3 aromatic carbocycles. The van der Waals surface area contributed by atoms with Crippen LogP contribution < -0.4 is 4.74 Å². The zero-order chi connectivity index (χ0) is 37.7. The summed E-state index contributed by atoms with van der Waals surface area (Å²) in [6, 6.07) is 18.5. The number of rotatable bonds is 14. The molecule has 0 aromatic heterocycles. The summed E-state index contributed by atoms with van der Waals surface area (Å²) >= 11 is 1.67. The van der Waals surface area contributed by atoms with Crippen molar-refractivity contribution in [3.8, 4) is 5.75 Å². The number of nitro groups is 2. The molecule has 282 valence electrons. The Balaban J connectivity index is 1.12. The van der Waals surface area contributed by atoms with E-state index in [0.717, 1.165) is 11.3 Å². The van der Waals surface area contributed by atoms with Crippen LogP contribution in [0.5, 0.6) is 5.75 Å². The number of ether oxygens (including phenoxy) is 4. The Bertz CT molecular complexity index is 1730. The Morgan fingerprint density at radius 1 is 0.774 bits per heavy atom. The van der Waals surface area contributed by atoms with Gasteiger partial charge in [0.2, 0.25) is 5.91 Å². The van der Waals surface area contributed by atoms with Crippen LogP contribution in [0.3, 0.4) is 0 Å². The SMILES string of the molecule is COc1ccc(CS[C@H]2C[C@@H](C(=O)N3CCCN(CCOC(=O)OCc4ccc([N+](=O)[O-])cc4)CC3)N(C(=O)OCc3ccc([N+](=O)[O-])cc3)C2)cc1. The number of hydrogen-bond acceptors (Lipinski definition) is 13. The molecule has 2 heterocycles. The molecule has 17 heteroatoms. The summed E-state index contributed by atoms with van der Waals surface area (Å²) in [6.07, 6.45) is -0.328. The Morgan fingerprint density at radius 3 is 1.98 bits per heavy atom. The lowest BCUT2D eigenvalue weighted by Gasteiger charge is -2.29. The van der Waals surface area contributed by atoms with Crippen molar-refractivity contribution >= 4 is 41.3 Å². The average molecular weight is 752 g/mol. The van der Waals surface area contributed by atoms with Crippen molar-refractivity contribution < 1.29 is 43.2 Å². The molecular weight excluding hydrogens is 710 g/mol. The van der Waals surface area contributed by atoms with Gasteiger partial charge < -0.3 is 23.8 Å². The van der Waals surface area contributed by atoms with Gasteiger partial charge in [-0.1, -0.05) is 12.1 Å². The molecule has 16 nitrogen and oxygen atoms in total. The number of likely N-dealkylation sites (tertiary alicyclic amines) is 1. The monoisotopic (exact) mass is 751 g/mol. The number of hydrogen-bond donors (Lipinski definition) is 0. The van der Waals surface area contributed by atoms with Gasteiger partial charge in [0.15, 0.2) is 0 Å². The molecule has 2 aliphatic rings. The van der Waals surface area contributed by atoms with Crippen LogP contribution in [0.15, 0.2) is 72.8 Å². The van der Waals surface area contributed by atoms with Crippen molar-refractivity contribution in [2.75, 3.05) is 53.0 Å². The number of non-ortho nitro benzene ring substituents is 2. The van der Waals surface area contributed by atoms with Crippen molar-refractivity contribution in [2.45, 2.75) is 43.1 Å². The van der Waals surface area contributed by atoms with E-state index in [2.05, 4.69) is 4.90 Å².